The topological polar surface area (TPSA) is 93.3 Å². The summed E-state index contributed by atoms with van der Waals surface area (Å²) in [4.78, 5) is 23.0. The third-order valence-corrected chi connectivity index (χ3v) is 3.51. The fourth-order valence-corrected chi connectivity index (χ4v) is 2.44. The first-order chi connectivity index (χ1) is 9.70. The summed E-state index contributed by atoms with van der Waals surface area (Å²) in [5.41, 5.74) is -1.54. The molecule has 0 bridgehead atoms. The van der Waals surface area contributed by atoms with Crippen LogP contribution in [0.2, 0.25) is 0 Å². The van der Waals surface area contributed by atoms with Gasteiger partial charge in [0.15, 0.2) is 5.69 Å². The first kappa shape index (κ1) is 14.9. The number of halogens is 3. The molecule has 2 aromatic rings. The highest BCUT2D eigenvalue weighted by atomic mass is 32.1. The zero-order valence-electron chi connectivity index (χ0n) is 9.92. The van der Waals surface area contributed by atoms with E-state index in [1.165, 1.54) is 12.1 Å². The lowest BCUT2D eigenvalue weighted by molar-refractivity contribution is -0.384. The molecule has 10 heteroatoms. The van der Waals surface area contributed by atoms with Crippen molar-refractivity contribution in [2.24, 2.45) is 0 Å². The van der Waals surface area contributed by atoms with Gasteiger partial charge in [-0.1, -0.05) is 0 Å². The monoisotopic (exact) mass is 318 g/mol. The number of aromatic nitrogens is 1. The molecule has 6 nitrogen and oxygen atoms in total. The molecule has 0 aliphatic rings. The van der Waals surface area contributed by atoms with Gasteiger partial charge in [0.05, 0.1) is 4.92 Å². The molecule has 0 unspecified atom stereocenters. The summed E-state index contributed by atoms with van der Waals surface area (Å²) in [7, 11) is 0. The molecule has 1 N–H and O–H groups in total. The van der Waals surface area contributed by atoms with Gasteiger partial charge in [0.2, 0.25) is 0 Å². The van der Waals surface area contributed by atoms with Gasteiger partial charge in [-0.05, 0) is 12.1 Å². The number of hydrogen-bond donors (Lipinski definition) is 1. The van der Waals surface area contributed by atoms with Crippen LogP contribution in [0.25, 0.3) is 10.6 Å². The van der Waals surface area contributed by atoms with Crippen LogP contribution >= 0.6 is 11.3 Å². The lowest BCUT2D eigenvalue weighted by atomic mass is 10.2. The van der Waals surface area contributed by atoms with Gasteiger partial charge < -0.3 is 5.11 Å². The minimum absolute atomic E-state index is 0.170. The van der Waals surface area contributed by atoms with E-state index in [4.69, 9.17) is 5.11 Å². The number of non-ortho nitro benzene ring substituents is 1. The predicted octanol–water partition coefficient (Wildman–Crippen LogP) is 3.44. The van der Waals surface area contributed by atoms with E-state index < -0.39 is 27.6 Å². The van der Waals surface area contributed by atoms with Crippen LogP contribution in [0.15, 0.2) is 24.3 Å². The van der Waals surface area contributed by atoms with Crippen LogP contribution in [-0.4, -0.2) is 21.0 Å². The van der Waals surface area contributed by atoms with Gasteiger partial charge in [-0.2, -0.15) is 13.2 Å². The number of rotatable bonds is 3. The van der Waals surface area contributed by atoms with Crippen LogP contribution in [0.5, 0.6) is 0 Å². The molecule has 0 aliphatic carbocycles. The maximum absolute atomic E-state index is 12.7. The molecule has 0 aliphatic heterocycles. The van der Waals surface area contributed by atoms with Crippen molar-refractivity contribution in [1.82, 2.24) is 4.98 Å². The Hall–Kier alpha value is -2.49. The summed E-state index contributed by atoms with van der Waals surface area (Å²) in [6, 6.07) is 4.63. The van der Waals surface area contributed by atoms with Gasteiger partial charge in [0.25, 0.3) is 5.69 Å². The van der Waals surface area contributed by atoms with E-state index in [9.17, 15) is 28.1 Å². The van der Waals surface area contributed by atoms with Crippen molar-refractivity contribution in [2.75, 3.05) is 0 Å². The van der Waals surface area contributed by atoms with E-state index in [1.54, 1.807) is 0 Å². The van der Waals surface area contributed by atoms with Crippen LogP contribution in [0.4, 0.5) is 18.9 Å². The van der Waals surface area contributed by atoms with E-state index in [-0.39, 0.29) is 16.3 Å². The molecule has 2 rings (SSSR count). The zero-order valence-corrected chi connectivity index (χ0v) is 10.7. The Morgan fingerprint density at radius 3 is 2.24 bits per heavy atom. The highest BCUT2D eigenvalue weighted by Crippen LogP contribution is 2.37. The number of thiazole rings is 1. The Morgan fingerprint density at radius 1 is 1.29 bits per heavy atom. The Bertz CT molecular complexity index is 709. The molecule has 0 saturated heterocycles. The van der Waals surface area contributed by atoms with Crippen LogP contribution in [0, 0.1) is 10.1 Å². The third-order valence-electron chi connectivity index (χ3n) is 2.41. The van der Waals surface area contributed by atoms with Gasteiger partial charge in [0.1, 0.15) is 9.88 Å². The Morgan fingerprint density at radius 2 is 1.86 bits per heavy atom. The molecule has 0 atom stereocenters. The standard InChI is InChI=1S/C11H5F3N2O4S/c12-11(13,14)8-7(10(17)18)21-9(15-8)5-1-3-6(4-2-5)16(19)20/h1-4H,(H,17,18). The lowest BCUT2D eigenvalue weighted by Crippen LogP contribution is -2.11. The maximum atomic E-state index is 12.7. The van der Waals surface area contributed by atoms with Gasteiger partial charge in [0, 0.05) is 17.7 Å². The van der Waals surface area contributed by atoms with Crippen molar-refractivity contribution in [3.05, 3.63) is 45.0 Å². The largest absolute Gasteiger partial charge is 0.477 e. The molecule has 0 radical (unpaired) electrons. The fraction of sp³-hybridized carbons (Fsp3) is 0.0909. The second kappa shape index (κ2) is 5.13. The minimum atomic E-state index is -4.89. The number of benzene rings is 1. The summed E-state index contributed by atoms with van der Waals surface area (Å²) in [5.74, 6) is -1.73. The lowest BCUT2D eigenvalue weighted by Gasteiger charge is -2.02. The molecule has 21 heavy (non-hydrogen) atoms. The first-order valence-electron chi connectivity index (χ1n) is 5.26. The number of carbonyl (C=O) groups is 1. The Kier molecular flexibility index (Phi) is 3.64. The number of alkyl halides is 3. The normalized spacial score (nSPS) is 11.4. The number of nitro benzene ring substituents is 1. The quantitative estimate of drug-likeness (QED) is 0.691. The molecular weight excluding hydrogens is 313 g/mol. The SMILES string of the molecule is O=C(O)c1sc(-c2ccc([N+](=O)[O-])cc2)nc1C(F)(F)F. The van der Waals surface area contributed by atoms with Crippen LogP contribution in [-0.2, 0) is 6.18 Å². The minimum Gasteiger partial charge on any atom is -0.477 e. The summed E-state index contributed by atoms with van der Waals surface area (Å²) < 4.78 is 38.1. The average molecular weight is 318 g/mol. The van der Waals surface area contributed by atoms with Crippen molar-refractivity contribution in [3.63, 3.8) is 0 Å². The van der Waals surface area contributed by atoms with Crippen LogP contribution in [0.1, 0.15) is 15.4 Å². The number of hydrogen-bond acceptors (Lipinski definition) is 5. The van der Waals surface area contributed by atoms with Crippen molar-refractivity contribution in [1.29, 1.82) is 0 Å². The summed E-state index contributed by atoms with van der Waals surface area (Å²) in [6.45, 7) is 0. The Balaban J connectivity index is 2.50. The van der Waals surface area contributed by atoms with Crippen molar-refractivity contribution in [2.45, 2.75) is 6.18 Å². The van der Waals surface area contributed by atoms with Gasteiger partial charge in [-0.25, -0.2) is 9.78 Å². The average Bonchev–Trinajstić information content (AvgIpc) is 2.84. The number of nitro groups is 1. The molecular formula is C11H5F3N2O4S. The molecule has 1 aromatic carbocycles. The van der Waals surface area contributed by atoms with Gasteiger partial charge >= 0.3 is 12.1 Å². The van der Waals surface area contributed by atoms with E-state index in [1.807, 2.05) is 0 Å². The maximum Gasteiger partial charge on any atom is 0.435 e. The van der Waals surface area contributed by atoms with Crippen molar-refractivity contribution in [3.8, 4) is 10.6 Å². The van der Waals surface area contributed by atoms with E-state index in [0.29, 0.717) is 11.3 Å². The number of aromatic carboxylic acids is 1. The highest BCUT2D eigenvalue weighted by Gasteiger charge is 2.39. The third kappa shape index (κ3) is 2.99. The second-order valence-corrected chi connectivity index (χ2v) is 4.80. The molecule has 0 spiro atoms. The van der Waals surface area contributed by atoms with Crippen LogP contribution in [0.3, 0.4) is 0 Å². The van der Waals surface area contributed by atoms with Crippen molar-refractivity contribution >= 4 is 23.0 Å². The summed E-state index contributed by atoms with van der Waals surface area (Å²) in [5, 5.41) is 19.1. The predicted molar refractivity (Wildman–Crippen MR) is 66.2 cm³/mol. The fourth-order valence-electron chi connectivity index (χ4n) is 1.51. The van der Waals surface area contributed by atoms with Gasteiger partial charge in [-0.15, -0.1) is 11.3 Å². The first-order valence-corrected chi connectivity index (χ1v) is 6.08. The van der Waals surface area contributed by atoms with E-state index in [0.717, 1.165) is 12.1 Å². The summed E-state index contributed by atoms with van der Waals surface area (Å²) >= 11 is 0.361. The number of nitrogens with zero attached hydrogens (tertiary/aromatic N) is 2. The number of carboxylic acid groups (broad SMARTS) is 1. The molecule has 110 valence electrons. The molecule has 0 fully saturated rings. The zero-order chi connectivity index (χ0) is 15.8. The summed E-state index contributed by atoms with van der Waals surface area (Å²) in [6.07, 6.45) is -4.89. The van der Waals surface area contributed by atoms with Gasteiger partial charge in [-0.3, -0.25) is 10.1 Å². The molecule has 1 aromatic heterocycles. The molecule has 0 saturated carbocycles. The molecule has 1 heterocycles. The second-order valence-electron chi connectivity index (χ2n) is 3.80. The van der Waals surface area contributed by atoms with Crippen molar-refractivity contribution < 1.29 is 28.0 Å². The molecule has 0 amide bonds. The Labute approximate surface area is 118 Å². The van der Waals surface area contributed by atoms with E-state index >= 15 is 0 Å². The smallest absolute Gasteiger partial charge is 0.435 e. The van der Waals surface area contributed by atoms with E-state index in [2.05, 4.69) is 4.98 Å². The van der Waals surface area contributed by atoms with Crippen LogP contribution < -0.4 is 0 Å². The number of carboxylic acids is 1. The highest BCUT2D eigenvalue weighted by molar-refractivity contribution is 7.17.